The highest BCUT2D eigenvalue weighted by Gasteiger charge is 2.21. The number of benzene rings is 2. The van der Waals surface area contributed by atoms with Crippen LogP contribution in [0.15, 0.2) is 59.6 Å². The highest BCUT2D eigenvalue weighted by atomic mass is 32.1. The number of nitrogens with one attached hydrogen (secondary N) is 2. The van der Waals surface area contributed by atoms with E-state index in [1.165, 1.54) is 4.88 Å². The summed E-state index contributed by atoms with van der Waals surface area (Å²) in [6.45, 7) is 4.19. The lowest BCUT2D eigenvalue weighted by molar-refractivity contribution is -0.117. The fourth-order valence-electron chi connectivity index (χ4n) is 3.58. The molecule has 3 aromatic rings. The van der Waals surface area contributed by atoms with Crippen LogP contribution in [-0.4, -0.2) is 30.4 Å². The zero-order valence-corrected chi connectivity index (χ0v) is 18.7. The summed E-state index contributed by atoms with van der Waals surface area (Å²) in [5.74, 6) is 0.956. The van der Waals surface area contributed by atoms with Crippen molar-refractivity contribution in [1.29, 1.82) is 0 Å². The van der Waals surface area contributed by atoms with Crippen molar-refractivity contribution in [1.82, 2.24) is 15.6 Å². The Kier molecular flexibility index (Phi) is 6.62. The molecule has 1 amide bonds. The summed E-state index contributed by atoms with van der Waals surface area (Å²) in [7, 11) is 1.77. The molecule has 2 N–H and O–H groups in total. The summed E-state index contributed by atoms with van der Waals surface area (Å²) < 4.78 is 0. The molecule has 1 aliphatic rings. The van der Waals surface area contributed by atoms with Crippen LogP contribution in [0.5, 0.6) is 0 Å². The second-order valence-electron chi connectivity index (χ2n) is 7.49. The Morgan fingerprint density at radius 2 is 1.84 bits per heavy atom. The summed E-state index contributed by atoms with van der Waals surface area (Å²) in [5.41, 5.74) is 4.30. The highest BCUT2D eigenvalue weighted by Crippen LogP contribution is 2.27. The lowest BCUT2D eigenvalue weighted by atomic mass is 10.2. The van der Waals surface area contributed by atoms with E-state index in [4.69, 9.17) is 4.98 Å². The number of aryl methyl sites for hydroxylation is 1. The molecule has 0 saturated carbocycles. The number of hydrogen-bond donors (Lipinski definition) is 2. The number of hydrogen-bond acceptors (Lipinski definition) is 4. The van der Waals surface area contributed by atoms with Crippen molar-refractivity contribution in [2.45, 2.75) is 32.9 Å². The molecule has 2 heterocycles. The third-order valence-electron chi connectivity index (χ3n) is 5.33. The van der Waals surface area contributed by atoms with Crippen LogP contribution in [0, 0.1) is 6.92 Å². The average molecular weight is 434 g/mol. The van der Waals surface area contributed by atoms with Crippen LogP contribution in [0.1, 0.15) is 29.0 Å². The number of aliphatic imine (C=N–C) groups is 1. The molecule has 7 heteroatoms. The molecule has 1 aromatic heterocycles. The second-order valence-corrected chi connectivity index (χ2v) is 8.57. The average Bonchev–Trinajstić information content (AvgIpc) is 3.40. The molecule has 1 fully saturated rings. The number of amides is 1. The van der Waals surface area contributed by atoms with E-state index in [1.54, 1.807) is 18.4 Å². The first-order valence-corrected chi connectivity index (χ1v) is 11.3. The summed E-state index contributed by atoms with van der Waals surface area (Å²) in [6, 6.07) is 18.4. The first kappa shape index (κ1) is 21.1. The van der Waals surface area contributed by atoms with Crippen LogP contribution in [0.3, 0.4) is 0 Å². The van der Waals surface area contributed by atoms with Crippen LogP contribution < -0.4 is 15.5 Å². The number of carbonyl (C=O) groups is 1. The molecule has 0 atom stereocenters. The van der Waals surface area contributed by atoms with Crippen molar-refractivity contribution in [2.24, 2.45) is 4.99 Å². The normalized spacial score (nSPS) is 14.2. The van der Waals surface area contributed by atoms with Gasteiger partial charge in [-0.25, -0.2) is 4.98 Å². The van der Waals surface area contributed by atoms with E-state index in [2.05, 4.69) is 39.9 Å². The maximum absolute atomic E-state index is 11.9. The highest BCUT2D eigenvalue weighted by molar-refractivity contribution is 7.15. The van der Waals surface area contributed by atoms with E-state index >= 15 is 0 Å². The number of anilines is 1. The van der Waals surface area contributed by atoms with Crippen LogP contribution >= 0.6 is 11.3 Å². The Morgan fingerprint density at radius 1 is 1.10 bits per heavy atom. The molecule has 0 spiro atoms. The zero-order valence-electron chi connectivity index (χ0n) is 17.9. The van der Waals surface area contributed by atoms with Gasteiger partial charge >= 0.3 is 0 Å². The monoisotopic (exact) mass is 433 g/mol. The molecule has 0 radical (unpaired) electrons. The molecule has 0 bridgehead atoms. The third-order valence-corrected chi connectivity index (χ3v) is 6.54. The molecule has 4 rings (SSSR count). The Morgan fingerprint density at radius 3 is 2.52 bits per heavy atom. The van der Waals surface area contributed by atoms with E-state index in [-0.39, 0.29) is 5.91 Å². The predicted octanol–water partition coefficient (Wildman–Crippen LogP) is 4.11. The quantitative estimate of drug-likeness (QED) is 0.453. The summed E-state index contributed by atoms with van der Waals surface area (Å²) >= 11 is 1.70. The Bertz CT molecular complexity index is 1060. The van der Waals surface area contributed by atoms with Crippen LogP contribution in [-0.2, 0) is 17.9 Å². The summed E-state index contributed by atoms with van der Waals surface area (Å²) in [4.78, 5) is 24.0. The van der Waals surface area contributed by atoms with Gasteiger partial charge in [0.05, 0.1) is 12.2 Å². The molecule has 31 heavy (non-hydrogen) atoms. The van der Waals surface area contributed by atoms with Crippen molar-refractivity contribution >= 4 is 28.9 Å². The molecule has 6 nitrogen and oxygen atoms in total. The maximum Gasteiger partial charge on any atom is 0.227 e. The van der Waals surface area contributed by atoms with Crippen molar-refractivity contribution in [3.05, 3.63) is 70.7 Å². The van der Waals surface area contributed by atoms with E-state index < -0.39 is 0 Å². The van der Waals surface area contributed by atoms with Gasteiger partial charge in [0.25, 0.3) is 0 Å². The third kappa shape index (κ3) is 5.11. The smallest absolute Gasteiger partial charge is 0.227 e. The number of rotatable bonds is 6. The molecule has 0 aliphatic carbocycles. The lowest BCUT2D eigenvalue weighted by Gasteiger charge is -2.16. The molecule has 1 saturated heterocycles. The number of aromatic nitrogens is 1. The van der Waals surface area contributed by atoms with Gasteiger partial charge in [0.15, 0.2) is 5.96 Å². The van der Waals surface area contributed by atoms with Crippen molar-refractivity contribution < 1.29 is 4.79 Å². The predicted molar refractivity (Wildman–Crippen MR) is 127 cm³/mol. The van der Waals surface area contributed by atoms with Gasteiger partial charge in [0, 0.05) is 42.7 Å². The van der Waals surface area contributed by atoms with Crippen molar-refractivity contribution in [3.63, 3.8) is 0 Å². The standard InChI is InChI=1S/C24H27N5OS/c1-17-21(31-23(28-17)19-7-4-3-5-8-19)16-27-24(25-2)26-15-18-10-12-20(13-11-18)29-14-6-9-22(29)30/h3-5,7-8,10-13H,6,9,14-16H2,1-2H3,(H2,25,26,27). The number of nitrogens with zero attached hydrogens (tertiary/aromatic N) is 3. The van der Waals surface area contributed by atoms with Gasteiger partial charge in [0.2, 0.25) is 5.91 Å². The largest absolute Gasteiger partial charge is 0.352 e. The van der Waals surface area contributed by atoms with E-state index in [0.717, 1.165) is 46.4 Å². The number of thiazole rings is 1. The molecular formula is C24H27N5OS. The van der Waals surface area contributed by atoms with Gasteiger partial charge in [-0.2, -0.15) is 0 Å². The fourth-order valence-corrected chi connectivity index (χ4v) is 4.59. The van der Waals surface area contributed by atoms with E-state index in [1.807, 2.05) is 42.2 Å². The minimum absolute atomic E-state index is 0.212. The second kappa shape index (κ2) is 9.75. The lowest BCUT2D eigenvalue weighted by Crippen LogP contribution is -2.36. The Balaban J connectivity index is 1.31. The minimum Gasteiger partial charge on any atom is -0.352 e. The zero-order chi connectivity index (χ0) is 21.6. The summed E-state index contributed by atoms with van der Waals surface area (Å²) in [6.07, 6.45) is 1.59. The topological polar surface area (TPSA) is 69.6 Å². The molecule has 0 unspecified atom stereocenters. The fraction of sp³-hybridized carbons (Fsp3) is 0.292. The molecule has 1 aliphatic heterocycles. The van der Waals surface area contributed by atoms with Gasteiger partial charge in [-0.15, -0.1) is 11.3 Å². The van der Waals surface area contributed by atoms with Crippen LogP contribution in [0.25, 0.3) is 10.6 Å². The molecule has 160 valence electrons. The van der Waals surface area contributed by atoms with Gasteiger partial charge in [-0.1, -0.05) is 42.5 Å². The van der Waals surface area contributed by atoms with Gasteiger partial charge in [-0.05, 0) is 31.0 Å². The van der Waals surface area contributed by atoms with Crippen molar-refractivity contribution in [2.75, 3.05) is 18.5 Å². The van der Waals surface area contributed by atoms with Gasteiger partial charge in [0.1, 0.15) is 5.01 Å². The van der Waals surface area contributed by atoms with Gasteiger partial charge in [-0.3, -0.25) is 9.79 Å². The SMILES string of the molecule is CN=C(NCc1ccc(N2CCCC2=O)cc1)NCc1sc(-c2ccccc2)nc1C. The molecular weight excluding hydrogens is 406 g/mol. The van der Waals surface area contributed by atoms with E-state index in [9.17, 15) is 4.79 Å². The minimum atomic E-state index is 0.212. The van der Waals surface area contributed by atoms with Crippen LogP contribution in [0.2, 0.25) is 0 Å². The summed E-state index contributed by atoms with van der Waals surface area (Å²) in [5, 5.41) is 7.77. The number of carbonyl (C=O) groups excluding carboxylic acids is 1. The van der Waals surface area contributed by atoms with Crippen molar-refractivity contribution in [3.8, 4) is 10.6 Å². The Labute approximate surface area is 187 Å². The Hall–Kier alpha value is -3.19. The van der Waals surface area contributed by atoms with Crippen LogP contribution in [0.4, 0.5) is 5.69 Å². The molecule has 2 aromatic carbocycles. The first-order valence-electron chi connectivity index (χ1n) is 10.5. The maximum atomic E-state index is 11.9. The van der Waals surface area contributed by atoms with E-state index in [0.29, 0.717) is 19.5 Å². The van der Waals surface area contributed by atoms with Gasteiger partial charge < -0.3 is 15.5 Å². The number of guanidine groups is 1. The first-order chi connectivity index (χ1) is 15.1.